The maximum absolute atomic E-state index is 3.35. The lowest BCUT2D eigenvalue weighted by Gasteiger charge is -2.39. The van der Waals surface area contributed by atoms with Crippen LogP contribution in [0, 0.1) is 5.41 Å². The smallest absolute Gasteiger partial charge is 0.00176 e. The second-order valence-corrected chi connectivity index (χ2v) is 4.58. The van der Waals surface area contributed by atoms with E-state index in [2.05, 4.69) is 19.2 Å². The first-order chi connectivity index (χ1) is 5.77. The quantitative estimate of drug-likeness (QED) is 0.603. The van der Waals surface area contributed by atoms with Gasteiger partial charge < -0.3 is 5.32 Å². The fourth-order valence-electron chi connectivity index (χ4n) is 1.88. The third-order valence-corrected chi connectivity index (χ3v) is 2.99. The highest BCUT2D eigenvalue weighted by Gasteiger charge is 2.30. The highest BCUT2D eigenvalue weighted by atomic mass is 15.0. The summed E-state index contributed by atoms with van der Waals surface area (Å²) in [6, 6.07) is 0. The first kappa shape index (κ1) is 10.0. The Morgan fingerprint density at radius 3 is 2.25 bits per heavy atom. The Bertz CT molecular complexity index is 116. The van der Waals surface area contributed by atoms with Crippen molar-refractivity contribution in [1.29, 1.82) is 0 Å². The molecule has 0 amide bonds. The minimum atomic E-state index is 0.659. The van der Waals surface area contributed by atoms with Crippen LogP contribution in [0.5, 0.6) is 0 Å². The number of rotatable bonds is 6. The molecular formula is C11H23N. The van der Waals surface area contributed by atoms with Crippen LogP contribution in [0.2, 0.25) is 0 Å². The molecular weight excluding hydrogens is 146 g/mol. The zero-order valence-electron chi connectivity index (χ0n) is 8.66. The topological polar surface area (TPSA) is 12.0 Å². The van der Waals surface area contributed by atoms with Gasteiger partial charge in [0.1, 0.15) is 0 Å². The van der Waals surface area contributed by atoms with Gasteiger partial charge in [0, 0.05) is 13.1 Å². The van der Waals surface area contributed by atoms with Gasteiger partial charge in [0.25, 0.3) is 0 Å². The molecule has 1 aliphatic rings. The van der Waals surface area contributed by atoms with Crippen LogP contribution in [0.15, 0.2) is 0 Å². The minimum Gasteiger partial charge on any atom is -0.316 e. The molecule has 0 atom stereocenters. The van der Waals surface area contributed by atoms with Crippen LogP contribution in [0.25, 0.3) is 0 Å². The molecule has 1 fully saturated rings. The lowest BCUT2D eigenvalue weighted by molar-refractivity contribution is 0.174. The normalized spacial score (nSPS) is 20.5. The van der Waals surface area contributed by atoms with Gasteiger partial charge in [0.15, 0.2) is 0 Å². The Morgan fingerprint density at radius 2 is 1.75 bits per heavy atom. The summed E-state index contributed by atoms with van der Waals surface area (Å²) in [6.07, 6.45) is 8.55. The van der Waals surface area contributed by atoms with Crippen molar-refractivity contribution in [3.05, 3.63) is 0 Å². The van der Waals surface area contributed by atoms with Crippen LogP contribution in [-0.2, 0) is 0 Å². The summed E-state index contributed by atoms with van der Waals surface area (Å²) in [6.45, 7) is 7.18. The van der Waals surface area contributed by atoms with Crippen molar-refractivity contribution in [2.75, 3.05) is 13.1 Å². The SMILES string of the molecule is CCCCCCCC1(C)CNC1. The highest BCUT2D eigenvalue weighted by molar-refractivity contribution is 4.87. The molecule has 0 aromatic heterocycles. The average Bonchev–Trinajstić information content (AvgIpc) is 2.01. The molecule has 1 heteroatoms. The van der Waals surface area contributed by atoms with Gasteiger partial charge in [-0.2, -0.15) is 0 Å². The monoisotopic (exact) mass is 169 g/mol. The van der Waals surface area contributed by atoms with E-state index in [0.29, 0.717) is 5.41 Å². The largest absolute Gasteiger partial charge is 0.316 e. The Labute approximate surface area is 76.9 Å². The Kier molecular flexibility index (Phi) is 4.07. The highest BCUT2D eigenvalue weighted by Crippen LogP contribution is 2.28. The third-order valence-electron chi connectivity index (χ3n) is 2.99. The molecule has 1 saturated heterocycles. The summed E-state index contributed by atoms with van der Waals surface area (Å²) in [7, 11) is 0. The van der Waals surface area contributed by atoms with Crippen molar-refractivity contribution >= 4 is 0 Å². The van der Waals surface area contributed by atoms with E-state index in [0.717, 1.165) is 0 Å². The van der Waals surface area contributed by atoms with Gasteiger partial charge in [-0.1, -0.05) is 46.0 Å². The van der Waals surface area contributed by atoms with E-state index in [1.54, 1.807) is 0 Å². The summed E-state index contributed by atoms with van der Waals surface area (Å²) in [4.78, 5) is 0. The van der Waals surface area contributed by atoms with Crippen molar-refractivity contribution in [3.63, 3.8) is 0 Å². The van der Waals surface area contributed by atoms with Gasteiger partial charge in [0.05, 0.1) is 0 Å². The molecule has 0 unspecified atom stereocenters. The maximum Gasteiger partial charge on any atom is 0.00176 e. The number of hydrogen-bond acceptors (Lipinski definition) is 1. The number of nitrogens with one attached hydrogen (secondary N) is 1. The lowest BCUT2D eigenvalue weighted by atomic mass is 9.79. The molecule has 1 rings (SSSR count). The van der Waals surface area contributed by atoms with Crippen LogP contribution < -0.4 is 5.32 Å². The van der Waals surface area contributed by atoms with Crippen LogP contribution in [0.4, 0.5) is 0 Å². The fourth-order valence-corrected chi connectivity index (χ4v) is 1.88. The molecule has 1 N–H and O–H groups in total. The average molecular weight is 169 g/mol. The standard InChI is InChI=1S/C11H23N/c1-3-4-5-6-7-8-11(2)9-12-10-11/h12H,3-10H2,1-2H3. The van der Waals surface area contributed by atoms with Crippen molar-refractivity contribution < 1.29 is 0 Å². The first-order valence-electron chi connectivity index (χ1n) is 5.47. The Balaban J connectivity index is 1.88. The molecule has 12 heavy (non-hydrogen) atoms. The molecule has 0 spiro atoms. The van der Waals surface area contributed by atoms with Crippen LogP contribution in [0.3, 0.4) is 0 Å². The molecule has 1 nitrogen and oxygen atoms in total. The summed E-state index contributed by atoms with van der Waals surface area (Å²) in [5.41, 5.74) is 0.659. The molecule has 72 valence electrons. The predicted octanol–water partition coefficient (Wildman–Crippen LogP) is 2.96. The van der Waals surface area contributed by atoms with E-state index in [1.165, 1.54) is 51.6 Å². The van der Waals surface area contributed by atoms with E-state index in [4.69, 9.17) is 0 Å². The van der Waals surface area contributed by atoms with Gasteiger partial charge in [-0.25, -0.2) is 0 Å². The lowest BCUT2D eigenvalue weighted by Crippen LogP contribution is -2.51. The minimum absolute atomic E-state index is 0.659. The second-order valence-electron chi connectivity index (χ2n) is 4.58. The molecule has 0 aromatic rings. The van der Waals surface area contributed by atoms with Crippen LogP contribution in [-0.4, -0.2) is 13.1 Å². The molecule has 0 aliphatic carbocycles. The second kappa shape index (κ2) is 4.86. The van der Waals surface area contributed by atoms with Gasteiger partial charge in [-0.15, -0.1) is 0 Å². The first-order valence-corrected chi connectivity index (χ1v) is 5.47. The van der Waals surface area contributed by atoms with E-state index in [9.17, 15) is 0 Å². The van der Waals surface area contributed by atoms with Crippen molar-refractivity contribution in [3.8, 4) is 0 Å². The van der Waals surface area contributed by atoms with Crippen LogP contribution >= 0.6 is 0 Å². The van der Waals surface area contributed by atoms with Crippen molar-refractivity contribution in [2.45, 2.75) is 52.4 Å². The van der Waals surface area contributed by atoms with Crippen molar-refractivity contribution in [2.24, 2.45) is 5.41 Å². The van der Waals surface area contributed by atoms with E-state index >= 15 is 0 Å². The van der Waals surface area contributed by atoms with E-state index in [1.807, 2.05) is 0 Å². The number of unbranched alkanes of at least 4 members (excludes halogenated alkanes) is 4. The van der Waals surface area contributed by atoms with E-state index < -0.39 is 0 Å². The number of hydrogen-bond donors (Lipinski definition) is 1. The van der Waals surface area contributed by atoms with Gasteiger partial charge in [0.2, 0.25) is 0 Å². The van der Waals surface area contributed by atoms with Gasteiger partial charge in [-0.05, 0) is 11.8 Å². The third kappa shape index (κ3) is 3.14. The molecule has 0 bridgehead atoms. The van der Waals surface area contributed by atoms with Crippen LogP contribution in [0.1, 0.15) is 52.4 Å². The summed E-state index contributed by atoms with van der Waals surface area (Å²) < 4.78 is 0. The fraction of sp³-hybridized carbons (Fsp3) is 1.00. The molecule has 1 aliphatic heterocycles. The summed E-state index contributed by atoms with van der Waals surface area (Å²) >= 11 is 0. The zero-order chi connectivity index (χ0) is 8.86. The molecule has 0 radical (unpaired) electrons. The summed E-state index contributed by atoms with van der Waals surface area (Å²) in [5, 5.41) is 3.35. The van der Waals surface area contributed by atoms with E-state index in [-0.39, 0.29) is 0 Å². The van der Waals surface area contributed by atoms with Gasteiger partial charge >= 0.3 is 0 Å². The Morgan fingerprint density at radius 1 is 1.08 bits per heavy atom. The molecule has 0 aromatic carbocycles. The Hall–Kier alpha value is -0.0400. The zero-order valence-corrected chi connectivity index (χ0v) is 8.66. The summed E-state index contributed by atoms with van der Waals surface area (Å²) in [5.74, 6) is 0. The predicted molar refractivity (Wildman–Crippen MR) is 54.4 cm³/mol. The van der Waals surface area contributed by atoms with Gasteiger partial charge in [-0.3, -0.25) is 0 Å². The molecule has 1 heterocycles. The molecule has 0 saturated carbocycles. The maximum atomic E-state index is 3.35. The van der Waals surface area contributed by atoms with Crippen molar-refractivity contribution in [1.82, 2.24) is 5.32 Å².